The van der Waals surface area contributed by atoms with Gasteiger partial charge in [0.05, 0.1) is 4.90 Å². The van der Waals surface area contributed by atoms with E-state index in [2.05, 4.69) is 4.40 Å². The molecule has 0 amide bonds. The highest BCUT2D eigenvalue weighted by Crippen LogP contribution is 2.11. The molecule has 4 heteroatoms. The monoisotopic (exact) mass is 277 g/mol. The predicted octanol–water partition coefficient (Wildman–Crippen LogP) is 3.79. The Balaban J connectivity index is 2.14. The van der Waals surface area contributed by atoms with E-state index < -0.39 is 11.0 Å². The van der Waals surface area contributed by atoms with Crippen molar-refractivity contribution in [1.82, 2.24) is 0 Å². The Morgan fingerprint density at radius 3 is 2.56 bits per heavy atom. The SMILES string of the molecule is Cc1ccc(S(=O)/N=C/c2cccc(Cl)c2)cc1. The second-order valence-corrected chi connectivity index (χ2v) is 5.47. The van der Waals surface area contributed by atoms with Crippen molar-refractivity contribution in [1.29, 1.82) is 0 Å². The van der Waals surface area contributed by atoms with Crippen molar-refractivity contribution in [3.8, 4) is 0 Å². The van der Waals surface area contributed by atoms with Gasteiger partial charge >= 0.3 is 0 Å². The van der Waals surface area contributed by atoms with Gasteiger partial charge in [-0.15, -0.1) is 0 Å². The summed E-state index contributed by atoms with van der Waals surface area (Å²) in [4.78, 5) is 0.693. The quantitative estimate of drug-likeness (QED) is 0.785. The fourth-order valence-electron chi connectivity index (χ4n) is 1.41. The van der Waals surface area contributed by atoms with Gasteiger partial charge in [-0.1, -0.05) is 41.4 Å². The Labute approximate surface area is 114 Å². The van der Waals surface area contributed by atoms with E-state index in [4.69, 9.17) is 11.6 Å². The zero-order chi connectivity index (χ0) is 13.0. The molecule has 2 aromatic rings. The number of nitrogens with zero attached hydrogens (tertiary/aromatic N) is 1. The second-order valence-electron chi connectivity index (χ2n) is 3.85. The molecule has 0 saturated carbocycles. The largest absolute Gasteiger partial charge is 0.229 e. The number of rotatable bonds is 3. The molecule has 1 unspecified atom stereocenters. The van der Waals surface area contributed by atoms with Crippen LogP contribution in [0.1, 0.15) is 11.1 Å². The van der Waals surface area contributed by atoms with Crippen molar-refractivity contribution in [3.63, 3.8) is 0 Å². The predicted molar refractivity (Wildman–Crippen MR) is 76.6 cm³/mol. The molecule has 0 radical (unpaired) electrons. The summed E-state index contributed by atoms with van der Waals surface area (Å²) in [6.07, 6.45) is 1.57. The van der Waals surface area contributed by atoms with E-state index in [-0.39, 0.29) is 0 Å². The van der Waals surface area contributed by atoms with Gasteiger partial charge in [-0.2, -0.15) is 4.40 Å². The molecule has 0 N–H and O–H groups in total. The minimum atomic E-state index is -1.37. The first-order valence-electron chi connectivity index (χ1n) is 5.43. The lowest BCUT2D eigenvalue weighted by Crippen LogP contribution is -1.89. The van der Waals surface area contributed by atoms with E-state index >= 15 is 0 Å². The standard InChI is InChI=1S/C14H12ClNOS/c1-11-5-7-14(8-6-11)18(17)16-10-12-3-2-4-13(15)9-12/h2-10H,1H3/b16-10+. The maximum Gasteiger partial charge on any atom is 0.172 e. The zero-order valence-corrected chi connectivity index (χ0v) is 11.4. The molecule has 0 heterocycles. The van der Waals surface area contributed by atoms with Crippen LogP contribution in [0.4, 0.5) is 0 Å². The molecule has 92 valence electrons. The lowest BCUT2D eigenvalue weighted by Gasteiger charge is -1.97. The molecule has 0 saturated heterocycles. The zero-order valence-electron chi connectivity index (χ0n) is 9.84. The number of benzene rings is 2. The average Bonchev–Trinajstić information content (AvgIpc) is 2.37. The summed E-state index contributed by atoms with van der Waals surface area (Å²) in [5, 5.41) is 0.639. The Bertz CT molecular complexity index is 593. The molecule has 1 atom stereocenters. The van der Waals surface area contributed by atoms with Gasteiger partial charge in [0.25, 0.3) is 0 Å². The van der Waals surface area contributed by atoms with Crippen LogP contribution in [0.3, 0.4) is 0 Å². The smallest absolute Gasteiger partial charge is 0.172 e. The van der Waals surface area contributed by atoms with Crippen LogP contribution in [-0.4, -0.2) is 10.4 Å². The highest BCUT2D eigenvalue weighted by molar-refractivity contribution is 7.83. The van der Waals surface area contributed by atoms with Crippen molar-refractivity contribution >= 4 is 28.8 Å². The number of aryl methyl sites for hydroxylation is 1. The third-order valence-electron chi connectivity index (χ3n) is 2.37. The average molecular weight is 278 g/mol. The minimum absolute atomic E-state index is 0.639. The van der Waals surface area contributed by atoms with Crippen LogP contribution >= 0.6 is 11.6 Å². The van der Waals surface area contributed by atoms with Gasteiger partial charge in [0, 0.05) is 11.2 Å². The minimum Gasteiger partial charge on any atom is -0.229 e. The summed E-state index contributed by atoms with van der Waals surface area (Å²) >= 11 is 5.86. The van der Waals surface area contributed by atoms with E-state index in [0.717, 1.165) is 11.1 Å². The summed E-state index contributed by atoms with van der Waals surface area (Å²) in [6, 6.07) is 14.7. The van der Waals surface area contributed by atoms with Crippen molar-refractivity contribution in [2.24, 2.45) is 4.40 Å². The molecule has 0 aliphatic heterocycles. The number of halogens is 1. The molecule has 2 nitrogen and oxygen atoms in total. The van der Waals surface area contributed by atoms with E-state index in [9.17, 15) is 4.21 Å². The molecule has 0 bridgehead atoms. The number of hydrogen-bond donors (Lipinski definition) is 0. The van der Waals surface area contributed by atoms with E-state index in [1.807, 2.05) is 43.3 Å². The lowest BCUT2D eigenvalue weighted by molar-refractivity contribution is 0.684. The molecule has 2 aromatic carbocycles. The van der Waals surface area contributed by atoms with Gasteiger partial charge in [-0.3, -0.25) is 0 Å². The fraction of sp³-hybridized carbons (Fsp3) is 0.0714. The highest BCUT2D eigenvalue weighted by atomic mass is 35.5. The van der Waals surface area contributed by atoms with Crippen LogP contribution in [0.2, 0.25) is 5.02 Å². The Hall–Kier alpha value is -1.45. The van der Waals surface area contributed by atoms with E-state index in [0.29, 0.717) is 9.92 Å². The molecule has 2 rings (SSSR count). The summed E-state index contributed by atoms with van der Waals surface area (Å²) in [5.74, 6) is 0. The van der Waals surface area contributed by atoms with Gasteiger partial charge in [-0.05, 0) is 36.8 Å². The van der Waals surface area contributed by atoms with E-state index in [1.165, 1.54) is 0 Å². The van der Waals surface area contributed by atoms with Gasteiger partial charge in [-0.25, -0.2) is 4.21 Å². The summed E-state index contributed by atoms with van der Waals surface area (Å²) in [5.41, 5.74) is 1.97. The van der Waals surface area contributed by atoms with Crippen molar-refractivity contribution in [2.45, 2.75) is 11.8 Å². The van der Waals surface area contributed by atoms with Crippen molar-refractivity contribution in [2.75, 3.05) is 0 Å². The molecule has 0 aromatic heterocycles. The maximum atomic E-state index is 11.9. The molecule has 0 aliphatic carbocycles. The van der Waals surface area contributed by atoms with Crippen molar-refractivity contribution in [3.05, 3.63) is 64.7 Å². The van der Waals surface area contributed by atoms with Gasteiger partial charge < -0.3 is 0 Å². The number of hydrogen-bond acceptors (Lipinski definition) is 1. The normalized spacial score (nSPS) is 12.8. The van der Waals surface area contributed by atoms with Crippen LogP contribution in [-0.2, 0) is 11.0 Å². The maximum absolute atomic E-state index is 11.9. The van der Waals surface area contributed by atoms with Crippen LogP contribution in [0, 0.1) is 6.92 Å². The summed E-state index contributed by atoms with van der Waals surface area (Å²) in [7, 11) is -1.37. The first-order valence-corrected chi connectivity index (χ1v) is 6.92. The third kappa shape index (κ3) is 3.52. The molecular weight excluding hydrogens is 266 g/mol. The molecule has 0 spiro atoms. The topological polar surface area (TPSA) is 29.4 Å². The van der Waals surface area contributed by atoms with Crippen LogP contribution in [0.25, 0.3) is 0 Å². The first-order chi connectivity index (χ1) is 8.65. The summed E-state index contributed by atoms with van der Waals surface area (Å²) in [6.45, 7) is 1.99. The fourth-order valence-corrected chi connectivity index (χ4v) is 2.32. The molecular formula is C14H12ClNOS. The molecule has 0 aliphatic rings. The van der Waals surface area contributed by atoms with Gasteiger partial charge in [0.15, 0.2) is 11.0 Å². The van der Waals surface area contributed by atoms with Crippen molar-refractivity contribution < 1.29 is 4.21 Å². The van der Waals surface area contributed by atoms with E-state index in [1.54, 1.807) is 18.3 Å². The van der Waals surface area contributed by atoms with Gasteiger partial charge in [0.2, 0.25) is 0 Å². The summed E-state index contributed by atoms with van der Waals surface area (Å²) < 4.78 is 15.9. The van der Waals surface area contributed by atoms with Crippen LogP contribution < -0.4 is 0 Å². The van der Waals surface area contributed by atoms with Crippen LogP contribution in [0.5, 0.6) is 0 Å². The molecule has 18 heavy (non-hydrogen) atoms. The van der Waals surface area contributed by atoms with Crippen LogP contribution in [0.15, 0.2) is 57.8 Å². The van der Waals surface area contributed by atoms with Gasteiger partial charge in [0.1, 0.15) is 0 Å². The highest BCUT2D eigenvalue weighted by Gasteiger charge is 2.00. The lowest BCUT2D eigenvalue weighted by atomic mass is 10.2. The third-order valence-corrected chi connectivity index (χ3v) is 3.58. The Morgan fingerprint density at radius 2 is 1.89 bits per heavy atom. The second kappa shape index (κ2) is 5.94. The Morgan fingerprint density at radius 1 is 1.17 bits per heavy atom. The molecule has 0 fully saturated rings. The first kappa shape index (κ1) is 13.0. The Kier molecular flexibility index (Phi) is 4.28.